The first kappa shape index (κ1) is 8.25. The van der Waals surface area contributed by atoms with Gasteiger partial charge in [0.25, 0.3) is 0 Å². The lowest BCUT2D eigenvalue weighted by atomic mass is 9.80. The predicted octanol–water partition coefficient (Wildman–Crippen LogP) is 1.02. The van der Waals surface area contributed by atoms with Crippen molar-refractivity contribution in [3.8, 4) is 0 Å². The van der Waals surface area contributed by atoms with E-state index in [0.717, 1.165) is 24.2 Å². The zero-order valence-corrected chi connectivity index (χ0v) is 7.89. The van der Waals surface area contributed by atoms with E-state index >= 15 is 0 Å². The van der Waals surface area contributed by atoms with Gasteiger partial charge in [-0.1, -0.05) is 0 Å². The third-order valence-electron chi connectivity index (χ3n) is 4.79. The summed E-state index contributed by atoms with van der Waals surface area (Å²) >= 11 is 0. The Morgan fingerprint density at radius 2 is 1.69 bits per heavy atom. The highest BCUT2D eigenvalue weighted by molar-refractivity contribution is 5.04. The molecule has 0 aromatic rings. The normalized spacial score (nSPS) is 58.6. The first-order valence-electron chi connectivity index (χ1n) is 5.58. The molecule has 0 amide bonds. The fourth-order valence-corrected chi connectivity index (χ4v) is 4.30. The third-order valence-corrected chi connectivity index (χ3v) is 4.79. The fraction of sp³-hybridized carbons (Fsp3) is 1.00. The van der Waals surface area contributed by atoms with E-state index in [4.69, 9.17) is 5.11 Å². The Bertz CT molecular complexity index is 216. The lowest BCUT2D eigenvalue weighted by Crippen LogP contribution is -2.27. The Morgan fingerprint density at radius 1 is 0.923 bits per heavy atom. The van der Waals surface area contributed by atoms with Crippen LogP contribution in [0.15, 0.2) is 0 Å². The molecule has 3 saturated carbocycles. The average molecular weight is 182 g/mol. The molecule has 2 nitrogen and oxygen atoms in total. The maximum Gasteiger partial charge on any atom is 0.0574 e. The van der Waals surface area contributed by atoms with Gasteiger partial charge in [-0.15, -0.1) is 0 Å². The molecule has 0 aromatic heterocycles. The second-order valence-corrected chi connectivity index (χ2v) is 5.31. The molecule has 3 rings (SSSR count). The van der Waals surface area contributed by atoms with E-state index in [0.29, 0.717) is 18.4 Å². The van der Waals surface area contributed by atoms with Gasteiger partial charge in [-0.3, -0.25) is 0 Å². The number of fused-ring (bicyclic) bond motifs is 5. The minimum absolute atomic E-state index is 0.0105. The molecule has 3 fully saturated rings. The molecule has 0 aliphatic heterocycles. The summed E-state index contributed by atoms with van der Waals surface area (Å²) in [4.78, 5) is 0. The van der Waals surface area contributed by atoms with Crippen molar-refractivity contribution in [1.29, 1.82) is 0 Å². The second kappa shape index (κ2) is 2.71. The van der Waals surface area contributed by atoms with E-state index in [2.05, 4.69) is 0 Å². The van der Waals surface area contributed by atoms with Gasteiger partial charge < -0.3 is 10.2 Å². The van der Waals surface area contributed by atoms with E-state index in [1.807, 2.05) is 0 Å². The zero-order chi connectivity index (χ0) is 9.00. The van der Waals surface area contributed by atoms with Crippen LogP contribution in [0.5, 0.6) is 0 Å². The molecule has 2 heteroatoms. The molecule has 13 heavy (non-hydrogen) atoms. The quantitative estimate of drug-likeness (QED) is 0.635. The highest BCUT2D eigenvalue weighted by atomic mass is 16.3. The van der Waals surface area contributed by atoms with Crippen LogP contribution in [-0.4, -0.2) is 22.9 Å². The number of hydrogen-bond donors (Lipinski definition) is 2. The molecule has 3 aliphatic carbocycles. The first-order chi connectivity index (χ1) is 6.29. The molecular weight excluding hydrogens is 164 g/mol. The van der Waals surface area contributed by atoms with Gasteiger partial charge in [0.2, 0.25) is 0 Å². The molecule has 0 spiro atoms. The topological polar surface area (TPSA) is 40.5 Å². The zero-order valence-electron chi connectivity index (χ0n) is 7.89. The van der Waals surface area contributed by atoms with Gasteiger partial charge in [0.15, 0.2) is 0 Å². The highest BCUT2D eigenvalue weighted by Crippen LogP contribution is 2.59. The van der Waals surface area contributed by atoms with E-state index in [1.54, 1.807) is 0 Å². The Morgan fingerprint density at radius 3 is 2.46 bits per heavy atom. The molecule has 2 N–H and O–H groups in total. The monoisotopic (exact) mass is 182 g/mol. The smallest absolute Gasteiger partial charge is 0.0574 e. The van der Waals surface area contributed by atoms with E-state index in [1.165, 1.54) is 19.3 Å². The summed E-state index contributed by atoms with van der Waals surface area (Å²) in [7, 11) is 0. The van der Waals surface area contributed by atoms with Gasteiger partial charge in [-0.05, 0) is 55.3 Å². The molecule has 0 unspecified atom stereocenters. The van der Waals surface area contributed by atoms with Gasteiger partial charge in [0.1, 0.15) is 0 Å². The lowest BCUT2D eigenvalue weighted by Gasteiger charge is -2.28. The lowest BCUT2D eigenvalue weighted by molar-refractivity contribution is 0.0638. The number of hydrogen-bond acceptors (Lipinski definition) is 2. The number of aliphatic hydroxyl groups excluding tert-OH is 2. The number of aliphatic hydroxyl groups is 2. The van der Waals surface area contributed by atoms with Crippen LogP contribution in [0.1, 0.15) is 25.7 Å². The molecule has 0 saturated heterocycles. The summed E-state index contributed by atoms with van der Waals surface area (Å²) in [5.41, 5.74) is 0. The minimum atomic E-state index is -0.0105. The van der Waals surface area contributed by atoms with Gasteiger partial charge >= 0.3 is 0 Å². The van der Waals surface area contributed by atoms with Crippen LogP contribution >= 0.6 is 0 Å². The molecule has 2 bridgehead atoms. The van der Waals surface area contributed by atoms with Gasteiger partial charge in [0, 0.05) is 6.61 Å². The molecule has 6 atom stereocenters. The Labute approximate surface area is 79.0 Å². The largest absolute Gasteiger partial charge is 0.396 e. The van der Waals surface area contributed by atoms with E-state index in [-0.39, 0.29) is 6.10 Å². The van der Waals surface area contributed by atoms with E-state index < -0.39 is 0 Å². The van der Waals surface area contributed by atoms with E-state index in [9.17, 15) is 5.11 Å². The van der Waals surface area contributed by atoms with Gasteiger partial charge in [-0.2, -0.15) is 0 Å². The number of rotatable bonds is 1. The van der Waals surface area contributed by atoms with Crippen LogP contribution in [-0.2, 0) is 0 Å². The summed E-state index contributed by atoms with van der Waals surface area (Å²) in [5.74, 6) is 3.54. The summed E-state index contributed by atoms with van der Waals surface area (Å²) in [5, 5.41) is 18.9. The van der Waals surface area contributed by atoms with Crippen LogP contribution in [0.2, 0.25) is 0 Å². The highest BCUT2D eigenvalue weighted by Gasteiger charge is 2.55. The van der Waals surface area contributed by atoms with Gasteiger partial charge in [-0.25, -0.2) is 0 Å². The van der Waals surface area contributed by atoms with Crippen molar-refractivity contribution >= 4 is 0 Å². The molecule has 0 heterocycles. The SMILES string of the molecule is OC[C@H]1C[C@H]2[C@H](C1)[C@@H]1C[C@@H]2[C@H](O)C1. The summed E-state index contributed by atoms with van der Waals surface area (Å²) in [6.45, 7) is 0.364. The van der Waals surface area contributed by atoms with Crippen molar-refractivity contribution in [2.75, 3.05) is 6.61 Å². The van der Waals surface area contributed by atoms with Crippen molar-refractivity contribution in [2.45, 2.75) is 31.8 Å². The Kier molecular flexibility index (Phi) is 1.72. The van der Waals surface area contributed by atoms with Crippen LogP contribution < -0.4 is 0 Å². The Hall–Kier alpha value is -0.0800. The average Bonchev–Trinajstić information content (AvgIpc) is 2.71. The summed E-state index contributed by atoms with van der Waals surface area (Å²) < 4.78 is 0. The standard InChI is InChI=1S/C11H18O2/c12-5-6-1-8-7-3-10(9(8)2-6)11(13)4-7/h6-13H,1-5H2/t6-,7-,8-,9+,10+,11-/m1/s1. The molecule has 3 aliphatic rings. The van der Waals surface area contributed by atoms with Crippen molar-refractivity contribution in [2.24, 2.45) is 29.6 Å². The van der Waals surface area contributed by atoms with Crippen molar-refractivity contribution in [3.63, 3.8) is 0 Å². The van der Waals surface area contributed by atoms with Crippen LogP contribution in [0.25, 0.3) is 0 Å². The van der Waals surface area contributed by atoms with Crippen molar-refractivity contribution in [1.82, 2.24) is 0 Å². The summed E-state index contributed by atoms with van der Waals surface area (Å²) in [6, 6.07) is 0. The van der Waals surface area contributed by atoms with Gasteiger partial charge in [0.05, 0.1) is 6.10 Å². The first-order valence-corrected chi connectivity index (χ1v) is 5.58. The third kappa shape index (κ3) is 1.02. The maximum absolute atomic E-state index is 9.76. The fourth-order valence-electron chi connectivity index (χ4n) is 4.30. The molecular formula is C11H18O2. The molecule has 0 radical (unpaired) electrons. The molecule has 0 aromatic carbocycles. The molecule has 74 valence electrons. The van der Waals surface area contributed by atoms with Crippen LogP contribution in [0.3, 0.4) is 0 Å². The van der Waals surface area contributed by atoms with Crippen molar-refractivity contribution < 1.29 is 10.2 Å². The van der Waals surface area contributed by atoms with Crippen LogP contribution in [0.4, 0.5) is 0 Å². The second-order valence-electron chi connectivity index (χ2n) is 5.31. The summed E-state index contributed by atoms with van der Waals surface area (Å²) in [6.07, 6.45) is 4.72. The maximum atomic E-state index is 9.76. The van der Waals surface area contributed by atoms with Crippen LogP contribution in [0, 0.1) is 29.6 Å². The predicted molar refractivity (Wildman–Crippen MR) is 49.0 cm³/mol. The Balaban J connectivity index is 1.79. The van der Waals surface area contributed by atoms with Crippen molar-refractivity contribution in [3.05, 3.63) is 0 Å². The minimum Gasteiger partial charge on any atom is -0.396 e.